The summed E-state index contributed by atoms with van der Waals surface area (Å²) in [6, 6.07) is 6.28. The minimum atomic E-state index is 0.283. The molecule has 0 fully saturated rings. The van der Waals surface area contributed by atoms with E-state index in [4.69, 9.17) is 11.6 Å². The second-order valence-electron chi connectivity index (χ2n) is 4.06. The second-order valence-corrected chi connectivity index (χ2v) is 6.20. The highest BCUT2D eigenvalue weighted by Crippen LogP contribution is 2.28. The molecule has 0 aliphatic carbocycles. The Balaban J connectivity index is 2.19. The smallest absolute Gasteiger partial charge is 0.190 e. The molecule has 1 atom stereocenters. The molecule has 1 N–H and O–H groups in total. The Morgan fingerprint density at radius 3 is 2.95 bits per heavy atom. The number of halogens is 1. The molecule has 0 radical (unpaired) electrons. The van der Waals surface area contributed by atoms with E-state index in [2.05, 4.69) is 39.7 Å². The lowest BCUT2D eigenvalue weighted by Crippen LogP contribution is -2.10. The fraction of sp³-hybridized carbons (Fsp3) is 0.385. The number of thiophene rings is 1. The van der Waals surface area contributed by atoms with Gasteiger partial charge in [-0.3, -0.25) is 0 Å². The standard InChI is InChI=1S/C13H16ClN3S2/c1-3-5-9(10-6-4-7-19-10)15-12-8-11(14)16-13(17-12)18-2/h4,6-9H,3,5H2,1-2H3,(H,15,16,17). The number of hydrogen-bond acceptors (Lipinski definition) is 5. The zero-order chi connectivity index (χ0) is 13.7. The second kappa shape index (κ2) is 7.12. The molecule has 6 heteroatoms. The predicted molar refractivity (Wildman–Crippen MR) is 84.4 cm³/mol. The van der Waals surface area contributed by atoms with E-state index in [0.29, 0.717) is 10.3 Å². The number of hydrogen-bond donors (Lipinski definition) is 1. The third-order valence-corrected chi connectivity index (χ3v) is 4.37. The molecule has 0 saturated carbocycles. The van der Waals surface area contributed by atoms with Crippen LogP contribution in [0.25, 0.3) is 0 Å². The van der Waals surface area contributed by atoms with E-state index >= 15 is 0 Å². The molecule has 0 saturated heterocycles. The number of rotatable bonds is 6. The highest BCUT2D eigenvalue weighted by Gasteiger charge is 2.13. The van der Waals surface area contributed by atoms with Gasteiger partial charge in [-0.25, -0.2) is 9.97 Å². The van der Waals surface area contributed by atoms with Gasteiger partial charge in [-0.2, -0.15) is 0 Å². The molecular weight excluding hydrogens is 298 g/mol. The van der Waals surface area contributed by atoms with Crippen LogP contribution in [0.2, 0.25) is 5.15 Å². The molecule has 2 heterocycles. The van der Waals surface area contributed by atoms with Gasteiger partial charge in [-0.15, -0.1) is 11.3 Å². The van der Waals surface area contributed by atoms with E-state index in [1.165, 1.54) is 16.6 Å². The van der Waals surface area contributed by atoms with Crippen LogP contribution in [0.3, 0.4) is 0 Å². The molecule has 3 nitrogen and oxygen atoms in total. The normalized spacial score (nSPS) is 12.4. The first-order valence-electron chi connectivity index (χ1n) is 6.11. The Kier molecular flexibility index (Phi) is 5.48. The van der Waals surface area contributed by atoms with Crippen molar-refractivity contribution in [1.82, 2.24) is 9.97 Å². The van der Waals surface area contributed by atoms with E-state index in [1.807, 2.05) is 6.26 Å². The summed E-state index contributed by atoms with van der Waals surface area (Å²) in [5, 5.41) is 6.72. The summed E-state index contributed by atoms with van der Waals surface area (Å²) in [5.41, 5.74) is 0. The van der Waals surface area contributed by atoms with E-state index in [9.17, 15) is 0 Å². The summed E-state index contributed by atoms with van der Waals surface area (Å²) >= 11 is 9.26. The fourth-order valence-electron chi connectivity index (χ4n) is 1.80. The number of anilines is 1. The summed E-state index contributed by atoms with van der Waals surface area (Å²) in [5.74, 6) is 0.788. The minimum Gasteiger partial charge on any atom is -0.362 e. The molecule has 0 aromatic carbocycles. The van der Waals surface area contributed by atoms with Crippen molar-refractivity contribution >= 4 is 40.5 Å². The summed E-state index contributed by atoms with van der Waals surface area (Å²) in [6.07, 6.45) is 4.12. The van der Waals surface area contributed by atoms with Crippen LogP contribution in [-0.2, 0) is 0 Å². The average Bonchev–Trinajstić information content (AvgIpc) is 2.91. The molecule has 2 aromatic rings. The van der Waals surface area contributed by atoms with Crippen LogP contribution < -0.4 is 5.32 Å². The van der Waals surface area contributed by atoms with Crippen LogP contribution in [0, 0.1) is 0 Å². The van der Waals surface area contributed by atoms with Crippen molar-refractivity contribution in [2.75, 3.05) is 11.6 Å². The quantitative estimate of drug-likeness (QED) is 0.469. The van der Waals surface area contributed by atoms with Crippen molar-refractivity contribution in [3.05, 3.63) is 33.6 Å². The van der Waals surface area contributed by atoms with Gasteiger partial charge in [0.15, 0.2) is 5.16 Å². The molecule has 2 aromatic heterocycles. The highest BCUT2D eigenvalue weighted by atomic mass is 35.5. The van der Waals surface area contributed by atoms with Gasteiger partial charge in [-0.05, 0) is 24.1 Å². The van der Waals surface area contributed by atoms with Gasteiger partial charge in [0.25, 0.3) is 0 Å². The van der Waals surface area contributed by atoms with Crippen molar-refractivity contribution in [2.45, 2.75) is 31.0 Å². The lowest BCUT2D eigenvalue weighted by Gasteiger charge is -2.17. The van der Waals surface area contributed by atoms with Crippen molar-refractivity contribution in [1.29, 1.82) is 0 Å². The summed E-state index contributed by atoms with van der Waals surface area (Å²) in [7, 11) is 0. The first-order chi connectivity index (χ1) is 9.22. The zero-order valence-corrected chi connectivity index (χ0v) is 13.3. The summed E-state index contributed by atoms with van der Waals surface area (Å²) in [6.45, 7) is 2.18. The van der Waals surface area contributed by atoms with Gasteiger partial charge in [0, 0.05) is 10.9 Å². The van der Waals surface area contributed by atoms with Gasteiger partial charge >= 0.3 is 0 Å². The van der Waals surface area contributed by atoms with Gasteiger partial charge < -0.3 is 5.32 Å². The lowest BCUT2D eigenvalue weighted by atomic mass is 10.1. The Morgan fingerprint density at radius 1 is 1.47 bits per heavy atom. The average molecular weight is 314 g/mol. The van der Waals surface area contributed by atoms with Crippen LogP contribution in [-0.4, -0.2) is 16.2 Å². The first kappa shape index (κ1) is 14.6. The van der Waals surface area contributed by atoms with Crippen molar-refractivity contribution < 1.29 is 0 Å². The van der Waals surface area contributed by atoms with Gasteiger partial charge in [0.05, 0.1) is 6.04 Å². The monoisotopic (exact) mass is 313 g/mol. The van der Waals surface area contributed by atoms with Crippen LogP contribution in [0.4, 0.5) is 5.82 Å². The molecular formula is C13H16ClN3S2. The Morgan fingerprint density at radius 2 is 2.32 bits per heavy atom. The fourth-order valence-corrected chi connectivity index (χ4v) is 3.23. The Hall–Kier alpha value is -0.780. The molecule has 0 bridgehead atoms. The lowest BCUT2D eigenvalue weighted by molar-refractivity contribution is 0.682. The van der Waals surface area contributed by atoms with Crippen LogP contribution in [0.5, 0.6) is 0 Å². The van der Waals surface area contributed by atoms with Crippen molar-refractivity contribution in [3.63, 3.8) is 0 Å². The van der Waals surface area contributed by atoms with Crippen LogP contribution in [0.15, 0.2) is 28.7 Å². The molecule has 2 rings (SSSR count). The molecule has 0 amide bonds. The SMILES string of the molecule is CCCC(Nc1cc(Cl)nc(SC)n1)c1cccs1. The molecule has 0 aliphatic rings. The summed E-state index contributed by atoms with van der Waals surface area (Å²) in [4.78, 5) is 9.91. The Labute approximate surface area is 126 Å². The van der Waals surface area contributed by atoms with Gasteiger partial charge in [-0.1, -0.05) is 42.8 Å². The van der Waals surface area contributed by atoms with Crippen LogP contribution in [0.1, 0.15) is 30.7 Å². The maximum atomic E-state index is 6.01. The topological polar surface area (TPSA) is 37.8 Å². The van der Waals surface area contributed by atoms with Crippen LogP contribution >= 0.6 is 34.7 Å². The van der Waals surface area contributed by atoms with E-state index in [1.54, 1.807) is 17.4 Å². The maximum absolute atomic E-state index is 6.01. The molecule has 0 aliphatic heterocycles. The number of nitrogens with one attached hydrogen (secondary N) is 1. The maximum Gasteiger partial charge on any atom is 0.190 e. The molecule has 0 spiro atoms. The highest BCUT2D eigenvalue weighted by molar-refractivity contribution is 7.98. The van der Waals surface area contributed by atoms with Crippen molar-refractivity contribution in [3.8, 4) is 0 Å². The minimum absolute atomic E-state index is 0.283. The van der Waals surface area contributed by atoms with E-state index < -0.39 is 0 Å². The molecule has 19 heavy (non-hydrogen) atoms. The van der Waals surface area contributed by atoms with Gasteiger partial charge in [0.1, 0.15) is 11.0 Å². The number of nitrogens with zero attached hydrogens (tertiary/aromatic N) is 2. The predicted octanol–water partition coefficient (Wildman–Crippen LogP) is 4.87. The van der Waals surface area contributed by atoms with E-state index in [0.717, 1.165) is 18.7 Å². The summed E-state index contributed by atoms with van der Waals surface area (Å²) < 4.78 is 0. The third kappa shape index (κ3) is 4.09. The third-order valence-electron chi connectivity index (χ3n) is 2.64. The first-order valence-corrected chi connectivity index (χ1v) is 8.59. The molecule has 1 unspecified atom stereocenters. The number of aromatic nitrogens is 2. The Bertz CT molecular complexity index is 517. The van der Waals surface area contributed by atoms with Crippen molar-refractivity contribution in [2.24, 2.45) is 0 Å². The van der Waals surface area contributed by atoms with Gasteiger partial charge in [0.2, 0.25) is 0 Å². The zero-order valence-electron chi connectivity index (χ0n) is 10.9. The number of thioether (sulfide) groups is 1. The molecule has 102 valence electrons. The largest absolute Gasteiger partial charge is 0.362 e. The van der Waals surface area contributed by atoms with E-state index in [-0.39, 0.29) is 6.04 Å².